The maximum atomic E-state index is 10.5. The van der Waals surface area contributed by atoms with Gasteiger partial charge in [-0.25, -0.2) is 0 Å². The number of fused-ring (bicyclic) bond motifs is 1. The van der Waals surface area contributed by atoms with Gasteiger partial charge in [-0.2, -0.15) is 0 Å². The summed E-state index contributed by atoms with van der Waals surface area (Å²) in [6, 6.07) is 6.68. The van der Waals surface area contributed by atoms with Crippen LogP contribution in [-0.2, 0) is 4.79 Å². The largest absolute Gasteiger partial charge is 0.486 e. The normalized spacial score (nSPS) is 20.2. The summed E-state index contributed by atoms with van der Waals surface area (Å²) in [6.07, 6.45) is -0.540. The van der Waals surface area contributed by atoms with Crippen LogP contribution in [0.3, 0.4) is 0 Å². The molecule has 0 amide bonds. The molecule has 1 aromatic rings. The zero-order chi connectivity index (χ0) is 11.5. The van der Waals surface area contributed by atoms with Crippen molar-refractivity contribution in [2.75, 3.05) is 6.61 Å². The highest BCUT2D eigenvalue weighted by Crippen LogP contribution is 2.31. The minimum absolute atomic E-state index is 0.129. The molecule has 0 radical (unpaired) electrons. The Kier molecular flexibility index (Phi) is 2.96. The Hall–Kier alpha value is -1.75. The lowest BCUT2D eigenvalue weighted by Gasteiger charge is -2.29. The van der Waals surface area contributed by atoms with Crippen molar-refractivity contribution < 1.29 is 19.4 Å². The maximum Gasteiger partial charge on any atom is 0.305 e. The number of hydrogen-bond acceptors (Lipinski definition) is 4. The number of aliphatic carboxylic acids is 1. The van der Waals surface area contributed by atoms with Gasteiger partial charge in [-0.05, 0) is 12.1 Å². The van der Waals surface area contributed by atoms with Gasteiger partial charge in [0.05, 0.1) is 12.5 Å². The Labute approximate surface area is 92.8 Å². The van der Waals surface area contributed by atoms with Gasteiger partial charge in [-0.15, -0.1) is 0 Å². The number of carboxylic acids is 1. The fourth-order valence-electron chi connectivity index (χ4n) is 1.58. The monoisotopic (exact) mass is 223 g/mol. The molecule has 0 saturated carbocycles. The molecule has 0 saturated heterocycles. The van der Waals surface area contributed by atoms with Gasteiger partial charge in [-0.3, -0.25) is 4.79 Å². The van der Waals surface area contributed by atoms with Gasteiger partial charge in [0.1, 0.15) is 12.7 Å². The molecule has 2 unspecified atom stereocenters. The van der Waals surface area contributed by atoms with E-state index >= 15 is 0 Å². The van der Waals surface area contributed by atoms with Gasteiger partial charge in [0.15, 0.2) is 11.5 Å². The molecule has 0 bridgehead atoms. The summed E-state index contributed by atoms with van der Waals surface area (Å²) in [5, 5.41) is 8.63. The molecule has 2 atom stereocenters. The first-order chi connectivity index (χ1) is 7.66. The van der Waals surface area contributed by atoms with Crippen LogP contribution in [-0.4, -0.2) is 29.8 Å². The first kappa shape index (κ1) is 10.8. The van der Waals surface area contributed by atoms with Crippen molar-refractivity contribution in [2.45, 2.75) is 18.6 Å². The molecule has 1 heterocycles. The van der Waals surface area contributed by atoms with Gasteiger partial charge in [-0.1, -0.05) is 12.1 Å². The van der Waals surface area contributed by atoms with Gasteiger partial charge in [0.25, 0.3) is 0 Å². The average Bonchev–Trinajstić information content (AvgIpc) is 2.27. The summed E-state index contributed by atoms with van der Waals surface area (Å²) in [6.45, 7) is 0.283. The fraction of sp³-hybridized carbons (Fsp3) is 0.364. The van der Waals surface area contributed by atoms with Gasteiger partial charge >= 0.3 is 5.97 Å². The molecular formula is C11H13NO4. The second kappa shape index (κ2) is 4.40. The van der Waals surface area contributed by atoms with Gasteiger partial charge in [0, 0.05) is 0 Å². The van der Waals surface area contributed by atoms with E-state index in [9.17, 15) is 4.79 Å². The molecule has 86 valence electrons. The zero-order valence-electron chi connectivity index (χ0n) is 8.63. The van der Waals surface area contributed by atoms with Crippen molar-refractivity contribution in [3.05, 3.63) is 24.3 Å². The second-order valence-corrected chi connectivity index (χ2v) is 3.68. The van der Waals surface area contributed by atoms with Gasteiger partial charge in [0.2, 0.25) is 0 Å². The molecule has 0 aliphatic carbocycles. The van der Waals surface area contributed by atoms with Crippen molar-refractivity contribution in [3.8, 4) is 11.5 Å². The Morgan fingerprint density at radius 2 is 2.19 bits per heavy atom. The minimum atomic E-state index is -0.935. The van der Waals surface area contributed by atoms with Crippen molar-refractivity contribution in [2.24, 2.45) is 5.73 Å². The second-order valence-electron chi connectivity index (χ2n) is 3.68. The van der Waals surface area contributed by atoms with Crippen molar-refractivity contribution in [1.29, 1.82) is 0 Å². The van der Waals surface area contributed by atoms with Crippen LogP contribution in [0, 0.1) is 0 Å². The Bertz CT molecular complexity index is 393. The van der Waals surface area contributed by atoms with E-state index in [0.717, 1.165) is 0 Å². The number of ether oxygens (including phenoxy) is 2. The molecule has 1 aromatic carbocycles. The van der Waals surface area contributed by atoms with E-state index in [1.807, 2.05) is 12.1 Å². The highest BCUT2D eigenvalue weighted by atomic mass is 16.6. The third-order valence-electron chi connectivity index (χ3n) is 2.42. The smallest absolute Gasteiger partial charge is 0.305 e. The van der Waals surface area contributed by atoms with E-state index in [2.05, 4.69) is 0 Å². The summed E-state index contributed by atoms with van der Waals surface area (Å²) in [5.41, 5.74) is 5.72. The Morgan fingerprint density at radius 1 is 1.50 bits per heavy atom. The van der Waals surface area contributed by atoms with Crippen molar-refractivity contribution >= 4 is 5.97 Å². The molecular weight excluding hydrogens is 210 g/mol. The molecule has 1 aliphatic heterocycles. The van der Waals surface area contributed by atoms with Crippen LogP contribution in [0.5, 0.6) is 11.5 Å². The van der Waals surface area contributed by atoms with Crippen LogP contribution >= 0.6 is 0 Å². The van der Waals surface area contributed by atoms with Crippen molar-refractivity contribution in [3.63, 3.8) is 0 Å². The molecule has 5 nitrogen and oxygen atoms in total. The van der Waals surface area contributed by atoms with E-state index < -0.39 is 18.1 Å². The average molecular weight is 223 g/mol. The predicted molar refractivity (Wildman–Crippen MR) is 56.6 cm³/mol. The number of carbonyl (C=O) groups is 1. The Balaban J connectivity index is 2.05. The highest BCUT2D eigenvalue weighted by Gasteiger charge is 2.27. The number of nitrogens with two attached hydrogens (primary N) is 1. The lowest BCUT2D eigenvalue weighted by molar-refractivity contribution is -0.138. The summed E-state index contributed by atoms with van der Waals surface area (Å²) in [5.74, 6) is 0.343. The molecule has 3 N–H and O–H groups in total. The van der Waals surface area contributed by atoms with Crippen molar-refractivity contribution in [1.82, 2.24) is 0 Å². The fourth-order valence-corrected chi connectivity index (χ4v) is 1.58. The molecule has 0 spiro atoms. The summed E-state index contributed by atoms with van der Waals surface area (Å²) >= 11 is 0. The lowest BCUT2D eigenvalue weighted by Crippen LogP contribution is -2.45. The van der Waals surface area contributed by atoms with Crippen LogP contribution < -0.4 is 15.2 Å². The molecule has 16 heavy (non-hydrogen) atoms. The molecule has 0 fully saturated rings. The number of benzene rings is 1. The molecule has 5 heteroatoms. The quantitative estimate of drug-likeness (QED) is 0.785. The zero-order valence-corrected chi connectivity index (χ0v) is 8.63. The molecule has 0 aromatic heterocycles. The predicted octanol–water partition coefficient (Wildman–Crippen LogP) is 0.628. The lowest BCUT2D eigenvalue weighted by atomic mass is 10.1. The maximum absolute atomic E-state index is 10.5. The summed E-state index contributed by atoms with van der Waals surface area (Å²) < 4.78 is 11.0. The van der Waals surface area contributed by atoms with E-state index in [4.69, 9.17) is 20.3 Å². The SMILES string of the molecule is NC(CC(=O)O)C1COc2ccccc2O1. The van der Waals surface area contributed by atoms with Crippen LogP contribution in [0.1, 0.15) is 6.42 Å². The number of rotatable bonds is 3. The molecule has 1 aliphatic rings. The highest BCUT2D eigenvalue weighted by molar-refractivity contribution is 5.67. The number of carboxylic acid groups (broad SMARTS) is 1. The number of para-hydroxylation sites is 2. The standard InChI is InChI=1S/C11H13NO4/c12-7(5-11(13)14)10-6-15-8-3-1-2-4-9(8)16-10/h1-4,7,10H,5-6,12H2,(H,13,14). The van der Waals surface area contributed by atoms with Crippen LogP contribution in [0.2, 0.25) is 0 Å². The topological polar surface area (TPSA) is 81.8 Å². The first-order valence-electron chi connectivity index (χ1n) is 5.02. The molecule has 2 rings (SSSR count). The number of hydrogen-bond donors (Lipinski definition) is 2. The third kappa shape index (κ3) is 2.25. The van der Waals surface area contributed by atoms with Crippen LogP contribution in [0.25, 0.3) is 0 Å². The Morgan fingerprint density at radius 3 is 2.88 bits per heavy atom. The van der Waals surface area contributed by atoms with Crippen LogP contribution in [0.15, 0.2) is 24.3 Å². The van der Waals surface area contributed by atoms with Gasteiger partial charge < -0.3 is 20.3 Å². The van der Waals surface area contributed by atoms with E-state index in [-0.39, 0.29) is 13.0 Å². The van der Waals surface area contributed by atoms with E-state index in [1.165, 1.54) is 0 Å². The summed E-state index contributed by atoms with van der Waals surface area (Å²) in [7, 11) is 0. The minimum Gasteiger partial charge on any atom is -0.486 e. The van der Waals surface area contributed by atoms with Crippen LogP contribution in [0.4, 0.5) is 0 Å². The third-order valence-corrected chi connectivity index (χ3v) is 2.42. The van der Waals surface area contributed by atoms with E-state index in [0.29, 0.717) is 11.5 Å². The first-order valence-corrected chi connectivity index (χ1v) is 5.02. The summed E-state index contributed by atoms with van der Waals surface area (Å²) in [4.78, 5) is 10.5. The van der Waals surface area contributed by atoms with E-state index in [1.54, 1.807) is 12.1 Å².